The van der Waals surface area contributed by atoms with Gasteiger partial charge in [0.15, 0.2) is 0 Å². The van der Waals surface area contributed by atoms with Gasteiger partial charge >= 0.3 is 0 Å². The highest BCUT2D eigenvalue weighted by atomic mass is 16.5. The minimum Gasteiger partial charge on any atom is -0.497 e. The number of nitrogens with zero attached hydrogens (tertiary/aromatic N) is 1. The van der Waals surface area contributed by atoms with Crippen molar-refractivity contribution in [1.29, 1.82) is 0 Å². The zero-order chi connectivity index (χ0) is 16.2. The van der Waals surface area contributed by atoms with Gasteiger partial charge < -0.3 is 15.2 Å². The smallest absolute Gasteiger partial charge is 0.234 e. The molecule has 1 aliphatic rings. The van der Waals surface area contributed by atoms with E-state index < -0.39 is 5.60 Å². The Kier molecular flexibility index (Phi) is 5.42. The van der Waals surface area contributed by atoms with Gasteiger partial charge in [0.25, 0.3) is 0 Å². The van der Waals surface area contributed by atoms with Crippen LogP contribution in [0.2, 0.25) is 0 Å². The fourth-order valence-corrected chi connectivity index (χ4v) is 3.04. The lowest BCUT2D eigenvalue weighted by Gasteiger charge is -2.33. The van der Waals surface area contributed by atoms with Crippen LogP contribution in [0.1, 0.15) is 32.3 Å². The summed E-state index contributed by atoms with van der Waals surface area (Å²) in [4.78, 5) is 14.2. The molecule has 0 bridgehead atoms. The van der Waals surface area contributed by atoms with E-state index in [0.717, 1.165) is 30.7 Å². The van der Waals surface area contributed by atoms with Crippen LogP contribution in [0.5, 0.6) is 5.75 Å². The first-order valence-corrected chi connectivity index (χ1v) is 7.76. The molecule has 1 amide bonds. The molecule has 5 nitrogen and oxygen atoms in total. The first-order valence-electron chi connectivity index (χ1n) is 7.76. The van der Waals surface area contributed by atoms with Gasteiger partial charge in [0.1, 0.15) is 5.75 Å². The predicted molar refractivity (Wildman–Crippen MR) is 85.7 cm³/mol. The maximum atomic E-state index is 12.1. The molecule has 1 heterocycles. The molecular formula is C17H26N2O3. The second-order valence-electron chi connectivity index (χ2n) is 6.41. The predicted octanol–water partition coefficient (Wildman–Crippen LogP) is 1.55. The first kappa shape index (κ1) is 16.8. The number of aliphatic hydroxyl groups is 1. The van der Waals surface area contributed by atoms with E-state index in [4.69, 9.17) is 4.74 Å². The normalized spacial score (nSPS) is 19.2. The largest absolute Gasteiger partial charge is 0.497 e. The van der Waals surface area contributed by atoms with E-state index in [9.17, 15) is 9.90 Å². The van der Waals surface area contributed by atoms with Crippen LogP contribution in [-0.2, 0) is 11.3 Å². The molecular weight excluding hydrogens is 280 g/mol. The number of nitrogens with one attached hydrogen (secondary N) is 1. The molecule has 22 heavy (non-hydrogen) atoms. The van der Waals surface area contributed by atoms with E-state index in [1.54, 1.807) is 7.11 Å². The lowest BCUT2D eigenvalue weighted by Crippen LogP contribution is -2.48. The van der Waals surface area contributed by atoms with Crippen molar-refractivity contribution in [3.63, 3.8) is 0 Å². The Morgan fingerprint density at radius 1 is 1.50 bits per heavy atom. The molecule has 0 spiro atoms. The molecule has 1 fully saturated rings. The third-order valence-corrected chi connectivity index (χ3v) is 4.15. The number of methoxy groups -OCH3 is 1. The van der Waals surface area contributed by atoms with E-state index in [2.05, 4.69) is 10.2 Å². The van der Waals surface area contributed by atoms with Crippen LogP contribution in [-0.4, -0.2) is 47.8 Å². The average Bonchev–Trinajstić information content (AvgIpc) is 2.93. The number of hydrogen-bond donors (Lipinski definition) is 2. The zero-order valence-electron chi connectivity index (χ0n) is 13.6. The Morgan fingerprint density at radius 2 is 2.27 bits per heavy atom. The molecule has 5 heteroatoms. The number of carbonyl (C=O) groups is 1. The summed E-state index contributed by atoms with van der Waals surface area (Å²) >= 11 is 0. The number of hydrogen-bond acceptors (Lipinski definition) is 4. The molecule has 1 saturated heterocycles. The molecule has 2 rings (SSSR count). The highest BCUT2D eigenvalue weighted by molar-refractivity contribution is 5.78. The fourth-order valence-electron chi connectivity index (χ4n) is 3.04. The molecule has 2 N–H and O–H groups in total. The fraction of sp³-hybridized carbons (Fsp3) is 0.588. The van der Waals surface area contributed by atoms with E-state index in [-0.39, 0.29) is 11.9 Å². The van der Waals surface area contributed by atoms with Gasteiger partial charge in [0.2, 0.25) is 5.91 Å². The number of carbonyl (C=O) groups excluding carboxylic acids is 1. The van der Waals surface area contributed by atoms with Crippen LogP contribution in [0.15, 0.2) is 24.3 Å². The number of benzene rings is 1. The molecule has 1 unspecified atom stereocenters. The van der Waals surface area contributed by atoms with Crippen LogP contribution in [0.25, 0.3) is 0 Å². The zero-order valence-corrected chi connectivity index (χ0v) is 13.6. The van der Waals surface area contributed by atoms with Gasteiger partial charge in [-0.15, -0.1) is 0 Å². The minimum absolute atomic E-state index is 0.0148. The third-order valence-electron chi connectivity index (χ3n) is 4.15. The third kappa shape index (κ3) is 4.45. The Morgan fingerprint density at radius 3 is 2.95 bits per heavy atom. The lowest BCUT2D eigenvalue weighted by molar-refractivity contribution is -0.123. The first-order chi connectivity index (χ1) is 10.4. The Hall–Kier alpha value is -1.59. The maximum Gasteiger partial charge on any atom is 0.234 e. The summed E-state index contributed by atoms with van der Waals surface area (Å²) < 4.78 is 5.17. The van der Waals surface area contributed by atoms with Gasteiger partial charge in [-0.3, -0.25) is 9.69 Å². The summed E-state index contributed by atoms with van der Waals surface area (Å²) in [6.07, 6.45) is 1.96. The topological polar surface area (TPSA) is 61.8 Å². The summed E-state index contributed by atoms with van der Waals surface area (Å²) in [5.74, 6) is 0.771. The summed E-state index contributed by atoms with van der Waals surface area (Å²) in [7, 11) is 1.63. The molecule has 1 aromatic rings. The number of amides is 1. The Bertz CT molecular complexity index is 511. The van der Waals surface area contributed by atoms with Crippen LogP contribution in [0.4, 0.5) is 0 Å². The van der Waals surface area contributed by atoms with Crippen molar-refractivity contribution in [2.75, 3.05) is 20.2 Å². The minimum atomic E-state index is -0.774. The summed E-state index contributed by atoms with van der Waals surface area (Å²) in [5.41, 5.74) is 0.233. The van der Waals surface area contributed by atoms with E-state index in [1.165, 1.54) is 0 Å². The summed E-state index contributed by atoms with van der Waals surface area (Å²) in [6, 6.07) is 7.71. The van der Waals surface area contributed by atoms with Crippen molar-refractivity contribution < 1.29 is 14.6 Å². The van der Waals surface area contributed by atoms with E-state index in [1.807, 2.05) is 38.1 Å². The highest BCUT2D eigenvalue weighted by Gasteiger charge is 2.36. The molecule has 0 radical (unpaired) electrons. The van der Waals surface area contributed by atoms with E-state index >= 15 is 0 Å². The molecule has 1 aromatic carbocycles. The molecule has 0 saturated carbocycles. The molecule has 0 aromatic heterocycles. The van der Waals surface area contributed by atoms with Gasteiger partial charge in [0.05, 0.1) is 19.3 Å². The second kappa shape index (κ2) is 7.11. The molecule has 0 aliphatic carbocycles. The lowest BCUT2D eigenvalue weighted by atomic mass is 9.97. The van der Waals surface area contributed by atoms with Gasteiger partial charge in [-0.1, -0.05) is 12.1 Å². The van der Waals surface area contributed by atoms with Crippen molar-refractivity contribution in [1.82, 2.24) is 10.2 Å². The quantitative estimate of drug-likeness (QED) is 0.837. The van der Waals surface area contributed by atoms with E-state index in [0.29, 0.717) is 13.1 Å². The monoisotopic (exact) mass is 306 g/mol. The summed E-state index contributed by atoms with van der Waals surface area (Å²) in [6.45, 7) is 5.30. The van der Waals surface area contributed by atoms with Gasteiger partial charge in [-0.25, -0.2) is 0 Å². The average molecular weight is 306 g/mol. The van der Waals surface area contributed by atoms with Gasteiger partial charge in [-0.2, -0.15) is 0 Å². The van der Waals surface area contributed by atoms with Crippen molar-refractivity contribution >= 4 is 5.91 Å². The van der Waals surface area contributed by atoms with Crippen molar-refractivity contribution in [2.24, 2.45) is 0 Å². The standard InChI is InChI=1S/C17H26N2O3/c1-17(2,21)15-8-5-9-19(15)12-16(20)18-11-13-6-4-7-14(10-13)22-3/h4,6-7,10,15,21H,5,8-9,11-12H2,1-3H3,(H,18,20). The molecule has 1 aliphatic heterocycles. The summed E-state index contributed by atoms with van der Waals surface area (Å²) in [5, 5.41) is 13.1. The molecule has 122 valence electrons. The highest BCUT2D eigenvalue weighted by Crippen LogP contribution is 2.26. The van der Waals surface area contributed by atoms with Crippen LogP contribution < -0.4 is 10.1 Å². The Labute approximate surface area is 132 Å². The number of rotatable bonds is 6. The second-order valence-corrected chi connectivity index (χ2v) is 6.41. The SMILES string of the molecule is COc1cccc(CNC(=O)CN2CCCC2C(C)(C)O)c1. The van der Waals surface area contributed by atoms with Crippen LogP contribution in [0, 0.1) is 0 Å². The van der Waals surface area contributed by atoms with Crippen molar-refractivity contribution in [3.8, 4) is 5.75 Å². The Balaban J connectivity index is 1.85. The number of likely N-dealkylation sites (tertiary alicyclic amines) is 1. The van der Waals surface area contributed by atoms with Crippen LogP contribution >= 0.6 is 0 Å². The van der Waals surface area contributed by atoms with Gasteiger partial charge in [0, 0.05) is 12.6 Å². The maximum absolute atomic E-state index is 12.1. The van der Waals surface area contributed by atoms with Crippen LogP contribution in [0.3, 0.4) is 0 Å². The number of ether oxygens (including phenoxy) is 1. The van der Waals surface area contributed by atoms with Crippen molar-refractivity contribution in [3.05, 3.63) is 29.8 Å². The van der Waals surface area contributed by atoms with Gasteiger partial charge in [-0.05, 0) is 50.9 Å². The van der Waals surface area contributed by atoms with Crippen molar-refractivity contribution in [2.45, 2.75) is 44.9 Å². The molecule has 1 atom stereocenters.